The fourth-order valence-electron chi connectivity index (χ4n) is 1.82. The number of aromatic nitrogens is 1. The molecular weight excluding hydrogens is 240 g/mol. The summed E-state index contributed by atoms with van der Waals surface area (Å²) in [6.07, 6.45) is 1.61. The normalized spacial score (nSPS) is 10.2. The Balaban J connectivity index is 1.92. The molecule has 0 fully saturated rings. The molecule has 98 valence electrons. The Labute approximate surface area is 111 Å². The van der Waals surface area contributed by atoms with Crippen LogP contribution in [0.2, 0.25) is 0 Å². The average molecular weight is 256 g/mol. The quantitative estimate of drug-likeness (QED) is 0.900. The molecule has 0 saturated heterocycles. The van der Waals surface area contributed by atoms with E-state index in [0.717, 1.165) is 11.1 Å². The van der Waals surface area contributed by atoms with Gasteiger partial charge in [-0.25, -0.2) is 0 Å². The Morgan fingerprint density at radius 1 is 1.21 bits per heavy atom. The number of hydrogen-bond donors (Lipinski definition) is 1. The van der Waals surface area contributed by atoms with Gasteiger partial charge in [0.25, 0.3) is 5.56 Å². The standard InChI is InChI=1S/C15H16N2O2/c1-12-5-4-6-13(9-12)10-16-14(18)11-17-8-3-2-7-15(17)19/h2-9H,10-11H2,1H3,(H,16,18). The van der Waals surface area contributed by atoms with Gasteiger partial charge in [-0.1, -0.05) is 35.9 Å². The summed E-state index contributed by atoms with van der Waals surface area (Å²) >= 11 is 0. The summed E-state index contributed by atoms with van der Waals surface area (Å²) in [5.41, 5.74) is 2.04. The third kappa shape index (κ3) is 3.81. The summed E-state index contributed by atoms with van der Waals surface area (Å²) in [5.74, 6) is -0.171. The number of carbonyl (C=O) groups excluding carboxylic acids is 1. The van der Waals surface area contributed by atoms with Crippen molar-refractivity contribution in [2.24, 2.45) is 0 Å². The van der Waals surface area contributed by atoms with E-state index in [1.807, 2.05) is 31.2 Å². The van der Waals surface area contributed by atoms with E-state index < -0.39 is 0 Å². The largest absolute Gasteiger partial charge is 0.350 e. The number of amides is 1. The first-order valence-corrected chi connectivity index (χ1v) is 6.13. The van der Waals surface area contributed by atoms with Gasteiger partial charge >= 0.3 is 0 Å². The maximum absolute atomic E-state index is 11.8. The molecule has 0 spiro atoms. The molecule has 0 aliphatic rings. The highest BCUT2D eigenvalue weighted by Gasteiger charge is 2.03. The molecule has 1 N–H and O–H groups in total. The zero-order valence-corrected chi connectivity index (χ0v) is 10.8. The van der Waals surface area contributed by atoms with E-state index >= 15 is 0 Å². The zero-order valence-electron chi connectivity index (χ0n) is 10.8. The fourth-order valence-corrected chi connectivity index (χ4v) is 1.82. The number of benzene rings is 1. The molecule has 0 aliphatic carbocycles. The topological polar surface area (TPSA) is 51.1 Å². The second-order valence-corrected chi connectivity index (χ2v) is 4.43. The van der Waals surface area contributed by atoms with Gasteiger partial charge in [-0.15, -0.1) is 0 Å². The summed E-state index contributed by atoms with van der Waals surface area (Å²) in [6, 6.07) is 12.8. The van der Waals surface area contributed by atoms with Gasteiger partial charge in [0.1, 0.15) is 6.54 Å². The van der Waals surface area contributed by atoms with Crippen molar-refractivity contribution in [1.29, 1.82) is 0 Å². The van der Waals surface area contributed by atoms with Gasteiger partial charge in [0.2, 0.25) is 5.91 Å². The van der Waals surface area contributed by atoms with E-state index in [4.69, 9.17) is 0 Å². The molecule has 0 atom stereocenters. The average Bonchev–Trinajstić information content (AvgIpc) is 2.39. The Morgan fingerprint density at radius 2 is 2.05 bits per heavy atom. The number of pyridine rings is 1. The van der Waals surface area contributed by atoms with Crippen LogP contribution in [0.3, 0.4) is 0 Å². The van der Waals surface area contributed by atoms with Crippen molar-refractivity contribution in [2.75, 3.05) is 0 Å². The van der Waals surface area contributed by atoms with Gasteiger partial charge in [-0.3, -0.25) is 9.59 Å². The van der Waals surface area contributed by atoms with Crippen LogP contribution in [0.5, 0.6) is 0 Å². The summed E-state index contributed by atoms with van der Waals surface area (Å²) < 4.78 is 1.38. The van der Waals surface area contributed by atoms with E-state index in [0.29, 0.717) is 6.54 Å². The van der Waals surface area contributed by atoms with Gasteiger partial charge in [0.15, 0.2) is 0 Å². The maximum atomic E-state index is 11.8. The molecule has 19 heavy (non-hydrogen) atoms. The summed E-state index contributed by atoms with van der Waals surface area (Å²) in [7, 11) is 0. The number of aryl methyl sites for hydroxylation is 1. The monoisotopic (exact) mass is 256 g/mol. The van der Waals surface area contributed by atoms with Crippen LogP contribution in [-0.2, 0) is 17.9 Å². The van der Waals surface area contributed by atoms with Crippen LogP contribution in [0.4, 0.5) is 0 Å². The van der Waals surface area contributed by atoms with E-state index in [2.05, 4.69) is 5.32 Å². The van der Waals surface area contributed by atoms with Crippen LogP contribution in [-0.4, -0.2) is 10.5 Å². The second-order valence-electron chi connectivity index (χ2n) is 4.43. The Hall–Kier alpha value is -2.36. The minimum Gasteiger partial charge on any atom is -0.350 e. The molecule has 2 aromatic rings. The number of nitrogens with one attached hydrogen (secondary N) is 1. The van der Waals surface area contributed by atoms with Crippen LogP contribution in [0.1, 0.15) is 11.1 Å². The first-order chi connectivity index (χ1) is 9.15. The third-order valence-corrected chi connectivity index (χ3v) is 2.79. The first kappa shape index (κ1) is 13.1. The van der Waals surface area contributed by atoms with E-state index in [1.165, 1.54) is 10.6 Å². The van der Waals surface area contributed by atoms with Crippen molar-refractivity contribution in [2.45, 2.75) is 20.0 Å². The lowest BCUT2D eigenvalue weighted by Crippen LogP contribution is -2.31. The first-order valence-electron chi connectivity index (χ1n) is 6.13. The molecule has 1 heterocycles. The molecule has 4 nitrogen and oxygen atoms in total. The highest BCUT2D eigenvalue weighted by Crippen LogP contribution is 2.03. The van der Waals surface area contributed by atoms with Crippen molar-refractivity contribution < 1.29 is 4.79 Å². The molecule has 1 aromatic carbocycles. The van der Waals surface area contributed by atoms with Crippen LogP contribution in [0.15, 0.2) is 53.5 Å². The maximum Gasteiger partial charge on any atom is 0.250 e. The van der Waals surface area contributed by atoms with Crippen LogP contribution >= 0.6 is 0 Å². The lowest BCUT2D eigenvalue weighted by Gasteiger charge is -2.07. The number of nitrogens with zero attached hydrogens (tertiary/aromatic N) is 1. The summed E-state index contributed by atoms with van der Waals surface area (Å²) in [6.45, 7) is 2.53. The number of rotatable bonds is 4. The predicted octanol–water partition coefficient (Wildman–Crippen LogP) is 1.47. The minimum atomic E-state index is -0.173. The van der Waals surface area contributed by atoms with E-state index in [1.54, 1.807) is 18.3 Å². The SMILES string of the molecule is Cc1cccc(CNC(=O)Cn2ccccc2=O)c1. The van der Waals surface area contributed by atoms with Crippen molar-refractivity contribution in [3.63, 3.8) is 0 Å². The summed E-state index contributed by atoms with van der Waals surface area (Å²) in [4.78, 5) is 23.2. The van der Waals surface area contributed by atoms with Gasteiger partial charge in [0, 0.05) is 18.8 Å². The lowest BCUT2D eigenvalue weighted by atomic mass is 10.1. The second kappa shape index (κ2) is 6.00. The molecule has 1 amide bonds. The Kier molecular flexibility index (Phi) is 4.13. The molecule has 0 radical (unpaired) electrons. The smallest absolute Gasteiger partial charge is 0.250 e. The molecule has 0 unspecified atom stereocenters. The minimum absolute atomic E-state index is 0.0471. The zero-order chi connectivity index (χ0) is 13.7. The molecule has 1 aromatic heterocycles. The van der Waals surface area contributed by atoms with Gasteiger partial charge in [0.05, 0.1) is 0 Å². The molecule has 0 aliphatic heterocycles. The van der Waals surface area contributed by atoms with Crippen LogP contribution in [0.25, 0.3) is 0 Å². The highest BCUT2D eigenvalue weighted by atomic mass is 16.2. The third-order valence-electron chi connectivity index (χ3n) is 2.79. The molecule has 0 saturated carbocycles. The van der Waals surface area contributed by atoms with Crippen molar-refractivity contribution >= 4 is 5.91 Å². The molecule has 4 heteroatoms. The van der Waals surface area contributed by atoms with E-state index in [9.17, 15) is 9.59 Å². The summed E-state index contributed by atoms with van der Waals surface area (Å²) in [5, 5.41) is 2.80. The van der Waals surface area contributed by atoms with Crippen LogP contribution in [0, 0.1) is 6.92 Å². The molecular formula is C15H16N2O2. The van der Waals surface area contributed by atoms with Crippen LogP contribution < -0.4 is 10.9 Å². The Bertz CT molecular complexity index is 632. The van der Waals surface area contributed by atoms with Crippen molar-refractivity contribution in [3.05, 3.63) is 70.1 Å². The number of carbonyl (C=O) groups is 1. The van der Waals surface area contributed by atoms with Gasteiger partial charge in [-0.2, -0.15) is 0 Å². The lowest BCUT2D eigenvalue weighted by molar-refractivity contribution is -0.121. The van der Waals surface area contributed by atoms with Gasteiger partial charge in [-0.05, 0) is 18.6 Å². The predicted molar refractivity (Wildman–Crippen MR) is 73.7 cm³/mol. The fraction of sp³-hybridized carbons (Fsp3) is 0.200. The van der Waals surface area contributed by atoms with Gasteiger partial charge < -0.3 is 9.88 Å². The van der Waals surface area contributed by atoms with E-state index in [-0.39, 0.29) is 18.0 Å². The highest BCUT2D eigenvalue weighted by molar-refractivity contribution is 5.75. The molecule has 0 bridgehead atoms. The molecule has 2 rings (SSSR count). The Morgan fingerprint density at radius 3 is 2.79 bits per heavy atom. The van der Waals surface area contributed by atoms with Crippen molar-refractivity contribution in [3.8, 4) is 0 Å². The number of hydrogen-bond acceptors (Lipinski definition) is 2. The van der Waals surface area contributed by atoms with Crippen molar-refractivity contribution in [1.82, 2.24) is 9.88 Å².